The van der Waals surface area contributed by atoms with Gasteiger partial charge >= 0.3 is 0 Å². The fourth-order valence-electron chi connectivity index (χ4n) is 2.82. The molecular formula is C13H18N2O. The Morgan fingerprint density at radius 3 is 2.88 bits per heavy atom. The van der Waals surface area contributed by atoms with Gasteiger partial charge in [-0.25, -0.2) is 0 Å². The van der Waals surface area contributed by atoms with E-state index in [0.717, 1.165) is 24.5 Å². The summed E-state index contributed by atoms with van der Waals surface area (Å²) in [6.07, 6.45) is 3.78. The summed E-state index contributed by atoms with van der Waals surface area (Å²) in [4.78, 5) is 2.58. The number of likely N-dealkylation sites (tertiary alicyclic amines) is 1. The highest BCUT2D eigenvalue weighted by Gasteiger charge is 2.28. The number of hydrogen-bond donors (Lipinski definition) is 1. The zero-order chi connectivity index (χ0) is 11.0. The quantitative estimate of drug-likeness (QED) is 0.734. The molecule has 1 atom stereocenters. The second-order valence-electron chi connectivity index (χ2n) is 4.69. The van der Waals surface area contributed by atoms with Crippen LogP contribution in [0.4, 0.5) is 5.69 Å². The summed E-state index contributed by atoms with van der Waals surface area (Å²) in [5.74, 6) is 0.989. The van der Waals surface area contributed by atoms with Gasteiger partial charge in [0, 0.05) is 29.8 Å². The average Bonchev–Trinajstić information content (AvgIpc) is 2.81. The highest BCUT2D eigenvalue weighted by Crippen LogP contribution is 2.38. The van der Waals surface area contributed by atoms with E-state index in [4.69, 9.17) is 10.5 Å². The molecule has 2 aliphatic heterocycles. The molecule has 0 aromatic heterocycles. The minimum Gasteiger partial charge on any atom is -0.493 e. The molecule has 0 amide bonds. The largest absolute Gasteiger partial charge is 0.493 e. The van der Waals surface area contributed by atoms with Gasteiger partial charge in [-0.15, -0.1) is 0 Å². The molecule has 3 rings (SSSR count). The maximum absolute atomic E-state index is 5.79. The van der Waals surface area contributed by atoms with Crippen LogP contribution in [0.15, 0.2) is 18.2 Å². The Bertz CT molecular complexity index is 386. The van der Waals surface area contributed by atoms with Crippen molar-refractivity contribution in [1.29, 1.82) is 0 Å². The first-order valence-electron chi connectivity index (χ1n) is 6.11. The Hall–Kier alpha value is -1.22. The molecule has 86 valence electrons. The topological polar surface area (TPSA) is 38.5 Å². The molecule has 16 heavy (non-hydrogen) atoms. The SMILES string of the molecule is Nc1ccc2c(c1)OCCC2N1CCCC1. The first-order valence-corrected chi connectivity index (χ1v) is 6.11. The van der Waals surface area contributed by atoms with E-state index in [1.807, 2.05) is 12.1 Å². The van der Waals surface area contributed by atoms with Crippen LogP contribution in [0.2, 0.25) is 0 Å². The predicted octanol–water partition coefficient (Wildman–Crippen LogP) is 2.19. The second kappa shape index (κ2) is 3.98. The molecule has 1 saturated heterocycles. The average molecular weight is 218 g/mol. The fraction of sp³-hybridized carbons (Fsp3) is 0.538. The molecule has 2 heterocycles. The smallest absolute Gasteiger partial charge is 0.126 e. The van der Waals surface area contributed by atoms with Crippen LogP contribution in [0.1, 0.15) is 30.9 Å². The Kier molecular flexibility index (Phi) is 2.48. The Balaban J connectivity index is 1.93. The zero-order valence-corrected chi connectivity index (χ0v) is 9.48. The molecule has 1 unspecified atom stereocenters. The number of fused-ring (bicyclic) bond motifs is 1. The number of anilines is 1. The lowest BCUT2D eigenvalue weighted by molar-refractivity contribution is 0.166. The summed E-state index contributed by atoms with van der Waals surface area (Å²) in [6.45, 7) is 3.28. The van der Waals surface area contributed by atoms with E-state index in [-0.39, 0.29) is 0 Å². The monoisotopic (exact) mass is 218 g/mol. The second-order valence-corrected chi connectivity index (χ2v) is 4.69. The highest BCUT2D eigenvalue weighted by molar-refractivity contribution is 5.50. The summed E-state index contributed by atoms with van der Waals surface area (Å²) in [5, 5.41) is 0. The van der Waals surface area contributed by atoms with Crippen molar-refractivity contribution < 1.29 is 4.74 Å². The van der Waals surface area contributed by atoms with Gasteiger partial charge < -0.3 is 10.5 Å². The molecule has 0 spiro atoms. The van der Waals surface area contributed by atoms with Crippen molar-refractivity contribution in [3.8, 4) is 5.75 Å². The van der Waals surface area contributed by atoms with Gasteiger partial charge in [0.1, 0.15) is 5.75 Å². The molecule has 3 heteroatoms. The van der Waals surface area contributed by atoms with Crippen molar-refractivity contribution in [2.75, 3.05) is 25.4 Å². The van der Waals surface area contributed by atoms with Crippen molar-refractivity contribution in [3.05, 3.63) is 23.8 Å². The third kappa shape index (κ3) is 1.65. The van der Waals surface area contributed by atoms with Gasteiger partial charge in [0.2, 0.25) is 0 Å². The number of nitrogens with two attached hydrogens (primary N) is 1. The Morgan fingerprint density at radius 2 is 2.06 bits per heavy atom. The Morgan fingerprint density at radius 1 is 1.25 bits per heavy atom. The van der Waals surface area contributed by atoms with Crippen molar-refractivity contribution in [2.45, 2.75) is 25.3 Å². The van der Waals surface area contributed by atoms with Crippen LogP contribution in [0.25, 0.3) is 0 Å². The standard InChI is InChI=1S/C13H18N2O/c14-10-3-4-11-12(15-6-1-2-7-15)5-8-16-13(11)9-10/h3-4,9,12H,1-2,5-8,14H2. The number of nitrogens with zero attached hydrogens (tertiary/aromatic N) is 1. The van der Waals surface area contributed by atoms with E-state index in [2.05, 4.69) is 11.0 Å². The van der Waals surface area contributed by atoms with Gasteiger partial charge in [0.25, 0.3) is 0 Å². The third-order valence-corrected chi connectivity index (χ3v) is 3.63. The number of ether oxygens (including phenoxy) is 1. The van der Waals surface area contributed by atoms with E-state index < -0.39 is 0 Å². The van der Waals surface area contributed by atoms with Crippen LogP contribution in [0.3, 0.4) is 0 Å². The van der Waals surface area contributed by atoms with Gasteiger partial charge in [-0.1, -0.05) is 6.07 Å². The van der Waals surface area contributed by atoms with Gasteiger partial charge in [-0.3, -0.25) is 4.90 Å². The lowest BCUT2D eigenvalue weighted by Gasteiger charge is -2.33. The van der Waals surface area contributed by atoms with E-state index in [1.165, 1.54) is 31.5 Å². The predicted molar refractivity (Wildman–Crippen MR) is 64.5 cm³/mol. The van der Waals surface area contributed by atoms with Crippen LogP contribution in [0, 0.1) is 0 Å². The van der Waals surface area contributed by atoms with Crippen molar-refractivity contribution in [2.24, 2.45) is 0 Å². The van der Waals surface area contributed by atoms with Gasteiger partial charge in [-0.2, -0.15) is 0 Å². The normalized spacial score (nSPS) is 25.1. The molecule has 1 aromatic rings. The number of nitrogen functional groups attached to an aromatic ring is 1. The highest BCUT2D eigenvalue weighted by atomic mass is 16.5. The molecule has 0 radical (unpaired) electrons. The van der Waals surface area contributed by atoms with Crippen molar-refractivity contribution in [1.82, 2.24) is 4.90 Å². The van der Waals surface area contributed by atoms with Gasteiger partial charge in [0.15, 0.2) is 0 Å². The summed E-state index contributed by atoms with van der Waals surface area (Å²) in [5.41, 5.74) is 7.90. The first kappa shape index (κ1) is 9.97. The lowest BCUT2D eigenvalue weighted by atomic mass is 9.99. The number of hydrogen-bond acceptors (Lipinski definition) is 3. The maximum atomic E-state index is 5.79. The summed E-state index contributed by atoms with van der Waals surface area (Å²) in [7, 11) is 0. The number of benzene rings is 1. The summed E-state index contributed by atoms with van der Waals surface area (Å²) < 4.78 is 5.69. The zero-order valence-electron chi connectivity index (χ0n) is 9.48. The van der Waals surface area contributed by atoms with E-state index in [1.54, 1.807) is 0 Å². The minimum atomic E-state index is 0.548. The van der Waals surface area contributed by atoms with E-state index >= 15 is 0 Å². The van der Waals surface area contributed by atoms with Crippen LogP contribution in [-0.4, -0.2) is 24.6 Å². The van der Waals surface area contributed by atoms with Crippen molar-refractivity contribution in [3.63, 3.8) is 0 Å². The molecule has 0 bridgehead atoms. The molecule has 1 aromatic carbocycles. The van der Waals surface area contributed by atoms with Gasteiger partial charge in [-0.05, 0) is 32.0 Å². The summed E-state index contributed by atoms with van der Waals surface area (Å²) in [6, 6.07) is 6.62. The molecule has 0 saturated carbocycles. The maximum Gasteiger partial charge on any atom is 0.126 e. The number of rotatable bonds is 1. The molecule has 0 aliphatic carbocycles. The van der Waals surface area contributed by atoms with Crippen LogP contribution >= 0.6 is 0 Å². The summed E-state index contributed by atoms with van der Waals surface area (Å²) >= 11 is 0. The fourth-order valence-corrected chi connectivity index (χ4v) is 2.82. The molecule has 2 aliphatic rings. The van der Waals surface area contributed by atoms with Crippen LogP contribution in [0.5, 0.6) is 5.75 Å². The van der Waals surface area contributed by atoms with Gasteiger partial charge in [0.05, 0.1) is 6.61 Å². The van der Waals surface area contributed by atoms with Crippen LogP contribution < -0.4 is 10.5 Å². The molecule has 1 fully saturated rings. The van der Waals surface area contributed by atoms with Crippen molar-refractivity contribution >= 4 is 5.69 Å². The Labute approximate surface area is 96.2 Å². The third-order valence-electron chi connectivity index (χ3n) is 3.63. The molecule has 2 N–H and O–H groups in total. The van der Waals surface area contributed by atoms with E-state index in [0.29, 0.717) is 6.04 Å². The molecular weight excluding hydrogens is 200 g/mol. The first-order chi connectivity index (χ1) is 7.84. The minimum absolute atomic E-state index is 0.548. The lowest BCUT2D eigenvalue weighted by Crippen LogP contribution is -2.30. The van der Waals surface area contributed by atoms with Crippen LogP contribution in [-0.2, 0) is 0 Å². The molecule has 3 nitrogen and oxygen atoms in total. The van der Waals surface area contributed by atoms with E-state index in [9.17, 15) is 0 Å².